The molecule has 1 amide bonds. The lowest BCUT2D eigenvalue weighted by Crippen LogP contribution is -2.37. The van der Waals surface area contributed by atoms with E-state index in [9.17, 15) is 4.79 Å². The highest BCUT2D eigenvalue weighted by molar-refractivity contribution is 5.76. The summed E-state index contributed by atoms with van der Waals surface area (Å²) in [6.07, 6.45) is 10.3. The molecule has 1 aliphatic rings. The number of unbranched alkanes of at least 4 members (excludes halogenated alkanes) is 3. The molecular weight excluding hydrogens is 212 g/mol. The maximum Gasteiger partial charge on any atom is 0.220 e. The molecule has 3 nitrogen and oxygen atoms in total. The third kappa shape index (κ3) is 6.06. The van der Waals surface area contributed by atoms with E-state index in [4.69, 9.17) is 5.73 Å². The molecule has 0 aromatic rings. The van der Waals surface area contributed by atoms with Crippen LogP contribution in [-0.2, 0) is 4.79 Å². The predicted octanol–water partition coefficient (Wildman–Crippen LogP) is 2.59. The molecule has 1 aliphatic carbocycles. The average Bonchev–Trinajstić information content (AvgIpc) is 2.82. The van der Waals surface area contributed by atoms with Crippen LogP contribution in [-0.4, -0.2) is 18.5 Å². The molecule has 0 aromatic carbocycles. The molecule has 0 aliphatic heterocycles. The van der Waals surface area contributed by atoms with E-state index in [2.05, 4.69) is 12.2 Å². The van der Waals surface area contributed by atoms with Gasteiger partial charge in [-0.05, 0) is 45.1 Å². The van der Waals surface area contributed by atoms with Gasteiger partial charge in [0.2, 0.25) is 5.91 Å². The highest BCUT2D eigenvalue weighted by atomic mass is 16.1. The maximum absolute atomic E-state index is 11.7. The number of amides is 1. The molecule has 0 unspecified atom stereocenters. The van der Waals surface area contributed by atoms with Crippen LogP contribution in [0.15, 0.2) is 0 Å². The molecule has 1 fully saturated rings. The third-order valence-electron chi connectivity index (χ3n) is 3.85. The highest BCUT2D eigenvalue weighted by Gasteiger charge is 2.22. The smallest absolute Gasteiger partial charge is 0.220 e. The van der Waals surface area contributed by atoms with Crippen molar-refractivity contribution in [3.8, 4) is 0 Å². The van der Waals surface area contributed by atoms with E-state index in [1.807, 2.05) is 0 Å². The Kier molecular flexibility index (Phi) is 7.25. The summed E-state index contributed by atoms with van der Waals surface area (Å²) in [7, 11) is 0. The van der Waals surface area contributed by atoms with Crippen LogP contribution in [0.25, 0.3) is 0 Å². The SMILES string of the molecule is C[C@H](NC(=O)CCCCCCN)C1CCCC1. The fourth-order valence-electron chi connectivity index (χ4n) is 2.68. The normalized spacial score (nSPS) is 18.2. The largest absolute Gasteiger partial charge is 0.353 e. The van der Waals surface area contributed by atoms with Crippen molar-refractivity contribution in [2.75, 3.05) is 6.54 Å². The first-order valence-electron chi connectivity index (χ1n) is 7.23. The molecule has 17 heavy (non-hydrogen) atoms. The van der Waals surface area contributed by atoms with Crippen LogP contribution in [0.2, 0.25) is 0 Å². The van der Waals surface area contributed by atoms with Crippen molar-refractivity contribution in [2.45, 2.75) is 70.8 Å². The van der Waals surface area contributed by atoms with Gasteiger partial charge in [-0.15, -0.1) is 0 Å². The molecule has 0 spiro atoms. The number of hydrogen-bond donors (Lipinski definition) is 2. The van der Waals surface area contributed by atoms with Crippen LogP contribution in [0.3, 0.4) is 0 Å². The Hall–Kier alpha value is -0.570. The number of nitrogens with one attached hydrogen (secondary N) is 1. The van der Waals surface area contributed by atoms with Gasteiger partial charge in [-0.2, -0.15) is 0 Å². The summed E-state index contributed by atoms with van der Waals surface area (Å²) >= 11 is 0. The van der Waals surface area contributed by atoms with Crippen LogP contribution >= 0.6 is 0 Å². The van der Waals surface area contributed by atoms with E-state index in [0.29, 0.717) is 12.5 Å². The molecule has 0 aromatic heterocycles. The van der Waals surface area contributed by atoms with E-state index >= 15 is 0 Å². The minimum absolute atomic E-state index is 0.233. The second kappa shape index (κ2) is 8.51. The number of rotatable bonds is 8. The average molecular weight is 240 g/mol. The summed E-state index contributed by atoms with van der Waals surface area (Å²) in [6.45, 7) is 2.92. The van der Waals surface area contributed by atoms with E-state index in [-0.39, 0.29) is 5.91 Å². The van der Waals surface area contributed by atoms with E-state index in [0.717, 1.165) is 38.1 Å². The van der Waals surface area contributed by atoms with Gasteiger partial charge in [-0.25, -0.2) is 0 Å². The molecule has 1 saturated carbocycles. The summed E-state index contributed by atoms with van der Waals surface area (Å²) in [5.41, 5.74) is 5.43. The molecule has 3 heteroatoms. The highest BCUT2D eigenvalue weighted by Crippen LogP contribution is 2.27. The summed E-state index contributed by atoms with van der Waals surface area (Å²) in [5, 5.41) is 3.15. The quantitative estimate of drug-likeness (QED) is 0.641. The van der Waals surface area contributed by atoms with Crippen molar-refractivity contribution < 1.29 is 4.79 Å². The summed E-state index contributed by atoms with van der Waals surface area (Å²) in [6, 6.07) is 0.369. The van der Waals surface area contributed by atoms with Gasteiger partial charge >= 0.3 is 0 Å². The monoisotopic (exact) mass is 240 g/mol. The minimum Gasteiger partial charge on any atom is -0.353 e. The molecule has 1 rings (SSSR count). The van der Waals surface area contributed by atoms with Gasteiger partial charge in [0.25, 0.3) is 0 Å². The van der Waals surface area contributed by atoms with Gasteiger partial charge in [-0.1, -0.05) is 25.7 Å². The van der Waals surface area contributed by atoms with Gasteiger partial charge in [0.15, 0.2) is 0 Å². The first-order valence-corrected chi connectivity index (χ1v) is 7.23. The number of carbonyl (C=O) groups is 1. The fourth-order valence-corrected chi connectivity index (χ4v) is 2.68. The second-order valence-electron chi connectivity index (χ2n) is 5.35. The maximum atomic E-state index is 11.7. The third-order valence-corrected chi connectivity index (χ3v) is 3.85. The summed E-state index contributed by atoms with van der Waals surface area (Å²) in [5.74, 6) is 0.952. The zero-order valence-electron chi connectivity index (χ0n) is 11.2. The lowest BCUT2D eigenvalue weighted by atomic mass is 9.99. The Morgan fingerprint density at radius 3 is 2.53 bits per heavy atom. The molecule has 100 valence electrons. The van der Waals surface area contributed by atoms with Gasteiger partial charge in [0, 0.05) is 12.5 Å². The van der Waals surface area contributed by atoms with E-state index in [1.165, 1.54) is 25.7 Å². The standard InChI is InChI=1S/C14H28N2O/c1-12(13-8-5-6-9-13)16-14(17)10-4-2-3-7-11-15/h12-13H,2-11,15H2,1H3,(H,16,17)/t12-/m0/s1. The second-order valence-corrected chi connectivity index (χ2v) is 5.35. The Morgan fingerprint density at radius 1 is 1.24 bits per heavy atom. The minimum atomic E-state index is 0.233. The van der Waals surface area contributed by atoms with Crippen LogP contribution in [0.5, 0.6) is 0 Å². The summed E-state index contributed by atoms with van der Waals surface area (Å²) < 4.78 is 0. The Labute approximate surface area is 106 Å². The molecule has 0 heterocycles. The van der Waals surface area contributed by atoms with Crippen molar-refractivity contribution in [3.63, 3.8) is 0 Å². The molecule has 3 N–H and O–H groups in total. The van der Waals surface area contributed by atoms with Crippen molar-refractivity contribution in [1.29, 1.82) is 0 Å². The molecule has 1 atom stereocenters. The van der Waals surface area contributed by atoms with E-state index in [1.54, 1.807) is 0 Å². The van der Waals surface area contributed by atoms with Crippen LogP contribution < -0.4 is 11.1 Å². The lowest BCUT2D eigenvalue weighted by molar-refractivity contribution is -0.122. The van der Waals surface area contributed by atoms with Crippen LogP contribution in [0.4, 0.5) is 0 Å². The molecular formula is C14H28N2O. The zero-order chi connectivity index (χ0) is 12.5. The first kappa shape index (κ1) is 14.5. The molecule has 0 radical (unpaired) electrons. The number of carbonyl (C=O) groups excluding carboxylic acids is 1. The van der Waals surface area contributed by atoms with Crippen LogP contribution in [0, 0.1) is 5.92 Å². The van der Waals surface area contributed by atoms with Crippen molar-refractivity contribution in [1.82, 2.24) is 5.32 Å². The number of nitrogens with two attached hydrogens (primary N) is 1. The van der Waals surface area contributed by atoms with Crippen molar-refractivity contribution >= 4 is 5.91 Å². The van der Waals surface area contributed by atoms with Gasteiger partial charge < -0.3 is 11.1 Å². The zero-order valence-corrected chi connectivity index (χ0v) is 11.2. The Bertz CT molecular complexity index is 212. The molecule has 0 bridgehead atoms. The summed E-state index contributed by atoms with van der Waals surface area (Å²) in [4.78, 5) is 11.7. The number of hydrogen-bond acceptors (Lipinski definition) is 2. The fraction of sp³-hybridized carbons (Fsp3) is 0.929. The van der Waals surface area contributed by atoms with E-state index < -0.39 is 0 Å². The van der Waals surface area contributed by atoms with Gasteiger partial charge in [-0.3, -0.25) is 4.79 Å². The first-order chi connectivity index (χ1) is 8.24. The Balaban J connectivity index is 2.03. The van der Waals surface area contributed by atoms with Gasteiger partial charge in [0.1, 0.15) is 0 Å². The van der Waals surface area contributed by atoms with Crippen LogP contribution in [0.1, 0.15) is 64.7 Å². The molecule has 0 saturated heterocycles. The van der Waals surface area contributed by atoms with Crippen molar-refractivity contribution in [3.05, 3.63) is 0 Å². The van der Waals surface area contributed by atoms with Crippen molar-refractivity contribution in [2.24, 2.45) is 11.7 Å². The van der Waals surface area contributed by atoms with Gasteiger partial charge in [0.05, 0.1) is 0 Å². The Morgan fingerprint density at radius 2 is 1.88 bits per heavy atom. The topological polar surface area (TPSA) is 55.1 Å². The predicted molar refractivity (Wildman–Crippen MR) is 71.7 cm³/mol. The lowest BCUT2D eigenvalue weighted by Gasteiger charge is -2.20.